The van der Waals surface area contributed by atoms with Crippen molar-refractivity contribution >= 4 is 29.9 Å². The molecule has 1 saturated heterocycles. The van der Waals surface area contributed by atoms with Gasteiger partial charge in [0.05, 0.1) is 31.5 Å². The number of aryl methyl sites for hydroxylation is 1. The molecule has 8 nitrogen and oxygen atoms in total. The molecule has 184 valence electrons. The van der Waals surface area contributed by atoms with Crippen molar-refractivity contribution in [3.05, 3.63) is 53.3 Å². The van der Waals surface area contributed by atoms with E-state index in [9.17, 15) is 5.11 Å². The Labute approximate surface area is 214 Å². The highest BCUT2D eigenvalue weighted by atomic mass is 127. The van der Waals surface area contributed by atoms with E-state index < -0.39 is 5.60 Å². The van der Waals surface area contributed by atoms with Gasteiger partial charge < -0.3 is 20.5 Å². The van der Waals surface area contributed by atoms with E-state index in [-0.39, 0.29) is 36.2 Å². The van der Waals surface area contributed by atoms with Crippen molar-refractivity contribution in [2.75, 3.05) is 26.2 Å². The molecule has 3 unspecified atom stereocenters. The number of guanidine groups is 1. The highest BCUT2D eigenvalue weighted by Gasteiger charge is 2.25. The van der Waals surface area contributed by atoms with Crippen molar-refractivity contribution in [3.63, 3.8) is 0 Å². The number of benzene rings is 1. The first-order valence-electron chi connectivity index (χ1n) is 11.4. The van der Waals surface area contributed by atoms with Crippen LogP contribution >= 0.6 is 24.0 Å². The zero-order valence-electron chi connectivity index (χ0n) is 20.4. The Morgan fingerprint density at radius 3 is 2.39 bits per heavy atom. The number of nitrogens with one attached hydrogen (secondary N) is 2. The molecule has 3 rings (SSSR count). The van der Waals surface area contributed by atoms with Crippen LogP contribution in [0.2, 0.25) is 0 Å². The van der Waals surface area contributed by atoms with Crippen LogP contribution in [-0.2, 0) is 30.5 Å². The van der Waals surface area contributed by atoms with Gasteiger partial charge in [0.2, 0.25) is 0 Å². The molecule has 0 saturated carbocycles. The average Bonchev–Trinajstić information content (AvgIpc) is 3.18. The number of aliphatic imine (C=N–C) groups is 1. The summed E-state index contributed by atoms with van der Waals surface area (Å²) in [6.45, 7) is 12.6. The topological polar surface area (TPSA) is 86.9 Å². The largest absolute Gasteiger partial charge is 0.383 e. The van der Waals surface area contributed by atoms with Gasteiger partial charge in [-0.15, -0.1) is 24.0 Å². The Morgan fingerprint density at radius 1 is 1.18 bits per heavy atom. The third-order valence-corrected chi connectivity index (χ3v) is 5.62. The molecule has 9 heteroatoms. The van der Waals surface area contributed by atoms with Crippen LogP contribution in [0.15, 0.2) is 41.7 Å². The van der Waals surface area contributed by atoms with Crippen molar-refractivity contribution in [3.8, 4) is 0 Å². The maximum absolute atomic E-state index is 10.8. The van der Waals surface area contributed by atoms with Crippen LogP contribution in [-0.4, -0.2) is 64.1 Å². The predicted molar refractivity (Wildman–Crippen MR) is 143 cm³/mol. The average molecular weight is 571 g/mol. The van der Waals surface area contributed by atoms with E-state index >= 15 is 0 Å². The predicted octanol–water partition coefficient (Wildman–Crippen LogP) is 2.61. The van der Waals surface area contributed by atoms with Gasteiger partial charge >= 0.3 is 0 Å². The summed E-state index contributed by atoms with van der Waals surface area (Å²) in [7, 11) is 1.84. The molecule has 2 aromatic rings. The van der Waals surface area contributed by atoms with Gasteiger partial charge in [-0.05, 0) is 38.8 Å². The van der Waals surface area contributed by atoms with Crippen LogP contribution in [0.4, 0.5) is 0 Å². The van der Waals surface area contributed by atoms with Gasteiger partial charge in [-0.3, -0.25) is 9.58 Å². The molecule has 3 atom stereocenters. The summed E-state index contributed by atoms with van der Waals surface area (Å²) in [5.74, 6) is 0.678. The standard InChI is InChI=1S/C24H38N6O2.HI/c1-6-25-23(27-17-24(4,31)22-12-28-29(5)16-22)26-11-20-7-9-21(10-8-20)15-30-13-18(2)32-19(3)14-30;/h7-10,12,16,18-19,31H,6,11,13-15,17H2,1-5H3,(H2,25,26,27);1H. The number of nitrogens with zero attached hydrogens (tertiary/aromatic N) is 4. The number of halogens is 1. The fraction of sp³-hybridized carbons (Fsp3) is 0.583. The van der Waals surface area contributed by atoms with Gasteiger partial charge in [0.1, 0.15) is 5.60 Å². The lowest BCUT2D eigenvalue weighted by molar-refractivity contribution is -0.0704. The molecule has 33 heavy (non-hydrogen) atoms. The molecule has 1 aliphatic rings. The van der Waals surface area contributed by atoms with Crippen molar-refractivity contribution in [2.45, 2.75) is 58.6 Å². The highest BCUT2D eigenvalue weighted by Crippen LogP contribution is 2.18. The van der Waals surface area contributed by atoms with Crippen LogP contribution < -0.4 is 10.6 Å². The Balaban J connectivity index is 0.00000385. The highest BCUT2D eigenvalue weighted by molar-refractivity contribution is 14.0. The summed E-state index contributed by atoms with van der Waals surface area (Å²) in [5, 5.41) is 21.4. The summed E-state index contributed by atoms with van der Waals surface area (Å²) in [4.78, 5) is 7.14. The van der Waals surface area contributed by atoms with Gasteiger partial charge in [0.15, 0.2) is 5.96 Å². The minimum Gasteiger partial charge on any atom is -0.383 e. The van der Waals surface area contributed by atoms with Gasteiger partial charge in [-0.2, -0.15) is 5.10 Å². The minimum atomic E-state index is -1.04. The van der Waals surface area contributed by atoms with E-state index in [1.165, 1.54) is 5.56 Å². The van der Waals surface area contributed by atoms with Crippen LogP contribution in [0.1, 0.15) is 44.4 Å². The smallest absolute Gasteiger partial charge is 0.191 e. The number of rotatable bonds is 8. The summed E-state index contributed by atoms with van der Waals surface area (Å²) in [5.41, 5.74) is 2.17. The monoisotopic (exact) mass is 570 g/mol. The number of aromatic nitrogens is 2. The van der Waals surface area contributed by atoms with Gasteiger partial charge in [0.25, 0.3) is 0 Å². The Hall–Kier alpha value is -1.69. The molecular formula is C24H39IN6O2. The van der Waals surface area contributed by atoms with Crippen LogP contribution in [0, 0.1) is 0 Å². The molecule has 0 spiro atoms. The Kier molecular flexibility index (Phi) is 10.6. The molecule has 3 N–H and O–H groups in total. The zero-order valence-corrected chi connectivity index (χ0v) is 22.7. The van der Waals surface area contributed by atoms with E-state index in [2.05, 4.69) is 63.7 Å². The van der Waals surface area contributed by atoms with Gasteiger partial charge in [0, 0.05) is 45.0 Å². The van der Waals surface area contributed by atoms with Crippen LogP contribution in [0.3, 0.4) is 0 Å². The molecule has 1 aliphatic heterocycles. The lowest BCUT2D eigenvalue weighted by Crippen LogP contribution is -2.44. The summed E-state index contributed by atoms with van der Waals surface area (Å²) in [6, 6.07) is 8.65. The second-order valence-electron chi connectivity index (χ2n) is 8.99. The number of morpholine rings is 1. The number of ether oxygens (including phenoxy) is 1. The van der Waals surface area contributed by atoms with Crippen molar-refractivity contribution < 1.29 is 9.84 Å². The third-order valence-electron chi connectivity index (χ3n) is 5.62. The molecule has 0 amide bonds. The molecule has 0 aliphatic carbocycles. The second kappa shape index (κ2) is 12.7. The quantitative estimate of drug-likeness (QED) is 0.257. The summed E-state index contributed by atoms with van der Waals surface area (Å²) >= 11 is 0. The first kappa shape index (κ1) is 27.6. The second-order valence-corrected chi connectivity index (χ2v) is 8.99. The lowest BCUT2D eigenvalue weighted by Gasteiger charge is -2.35. The fourth-order valence-electron chi connectivity index (χ4n) is 3.99. The Bertz CT molecular complexity index is 873. The number of hydrogen-bond donors (Lipinski definition) is 3. The van der Waals surface area contributed by atoms with Crippen molar-refractivity contribution in [1.82, 2.24) is 25.3 Å². The van der Waals surface area contributed by atoms with E-state index in [1.54, 1.807) is 17.8 Å². The molecule has 1 fully saturated rings. The fourth-order valence-corrected chi connectivity index (χ4v) is 3.99. The maximum atomic E-state index is 10.8. The van der Waals surface area contributed by atoms with E-state index in [0.29, 0.717) is 19.0 Å². The zero-order chi connectivity index (χ0) is 23.1. The molecule has 1 aromatic heterocycles. The number of hydrogen-bond acceptors (Lipinski definition) is 5. The normalized spacial score (nSPS) is 21.2. The third kappa shape index (κ3) is 8.55. The molecule has 2 heterocycles. The minimum absolute atomic E-state index is 0. The first-order chi connectivity index (χ1) is 15.2. The lowest BCUT2D eigenvalue weighted by atomic mass is 10.00. The molecular weight excluding hydrogens is 531 g/mol. The number of aliphatic hydroxyl groups is 1. The SMILES string of the molecule is CCNC(=NCc1ccc(CN2CC(C)OC(C)C2)cc1)NCC(C)(O)c1cnn(C)c1.I. The molecule has 0 bridgehead atoms. The van der Waals surface area contributed by atoms with Crippen LogP contribution in [0.5, 0.6) is 0 Å². The van der Waals surface area contributed by atoms with E-state index in [0.717, 1.165) is 37.3 Å². The van der Waals surface area contributed by atoms with E-state index in [1.807, 2.05) is 20.2 Å². The maximum Gasteiger partial charge on any atom is 0.191 e. The summed E-state index contributed by atoms with van der Waals surface area (Å²) in [6.07, 6.45) is 4.07. The van der Waals surface area contributed by atoms with Crippen molar-refractivity contribution in [1.29, 1.82) is 0 Å². The van der Waals surface area contributed by atoms with Crippen molar-refractivity contribution in [2.24, 2.45) is 12.0 Å². The first-order valence-corrected chi connectivity index (χ1v) is 11.4. The van der Waals surface area contributed by atoms with Crippen LogP contribution in [0.25, 0.3) is 0 Å². The van der Waals surface area contributed by atoms with Gasteiger partial charge in [-0.25, -0.2) is 4.99 Å². The Morgan fingerprint density at radius 2 is 1.82 bits per heavy atom. The summed E-state index contributed by atoms with van der Waals surface area (Å²) < 4.78 is 7.51. The van der Waals surface area contributed by atoms with Gasteiger partial charge in [-0.1, -0.05) is 24.3 Å². The molecule has 0 radical (unpaired) electrons. The molecule has 1 aromatic carbocycles. The van der Waals surface area contributed by atoms with E-state index in [4.69, 9.17) is 4.74 Å².